The summed E-state index contributed by atoms with van der Waals surface area (Å²) in [7, 11) is 1.80. The second kappa shape index (κ2) is 13.9. The summed E-state index contributed by atoms with van der Waals surface area (Å²) in [5.74, 6) is 2.34. The maximum absolute atomic E-state index is 5.75. The highest BCUT2D eigenvalue weighted by molar-refractivity contribution is 14.0. The Labute approximate surface area is 199 Å². The smallest absolute Gasteiger partial charge is 0.191 e. The van der Waals surface area contributed by atoms with Crippen LogP contribution in [0.4, 0.5) is 0 Å². The van der Waals surface area contributed by atoms with Gasteiger partial charge in [-0.1, -0.05) is 6.07 Å². The molecule has 2 N–H and O–H groups in total. The number of halogens is 1. The molecule has 0 radical (unpaired) electrons. The molecule has 1 aromatic rings. The molecule has 0 aliphatic carbocycles. The van der Waals surface area contributed by atoms with Gasteiger partial charge >= 0.3 is 0 Å². The SMILES string of the molecule is CCOc1ccc(C(C)NC(=NC)NCC(C)N2CCOCC2C)cc1OCC.I. The van der Waals surface area contributed by atoms with Gasteiger partial charge in [-0.25, -0.2) is 0 Å². The average Bonchev–Trinajstić information content (AvgIpc) is 2.72. The van der Waals surface area contributed by atoms with E-state index in [2.05, 4.69) is 47.4 Å². The van der Waals surface area contributed by atoms with E-state index in [9.17, 15) is 0 Å². The lowest BCUT2D eigenvalue weighted by atomic mass is 10.1. The standard InChI is InChI=1S/C22H38N4O3.HI/c1-7-28-20-10-9-19(13-21(20)29-8-2)18(5)25-22(23-6)24-14-16(3)26-11-12-27-15-17(26)4;/h9-10,13,16-18H,7-8,11-12,14-15H2,1-6H3,(H2,23,24,25);1H. The summed E-state index contributed by atoms with van der Waals surface area (Å²) in [6, 6.07) is 7.00. The second-order valence-corrected chi connectivity index (χ2v) is 7.40. The van der Waals surface area contributed by atoms with Crippen molar-refractivity contribution in [2.45, 2.75) is 52.7 Å². The normalized spacial score (nSPS) is 19.4. The third kappa shape index (κ3) is 7.77. The van der Waals surface area contributed by atoms with Gasteiger partial charge in [-0.15, -0.1) is 24.0 Å². The number of guanidine groups is 1. The van der Waals surface area contributed by atoms with E-state index < -0.39 is 0 Å². The van der Waals surface area contributed by atoms with Crippen molar-refractivity contribution in [2.75, 3.05) is 46.6 Å². The van der Waals surface area contributed by atoms with Crippen LogP contribution in [0.3, 0.4) is 0 Å². The summed E-state index contributed by atoms with van der Waals surface area (Å²) in [4.78, 5) is 6.87. The molecule has 0 saturated carbocycles. The molecular weight excluding hydrogens is 495 g/mol. The first-order valence-corrected chi connectivity index (χ1v) is 10.7. The first-order chi connectivity index (χ1) is 14.0. The van der Waals surface area contributed by atoms with Crippen LogP contribution >= 0.6 is 24.0 Å². The molecule has 1 aliphatic heterocycles. The average molecular weight is 534 g/mol. The van der Waals surface area contributed by atoms with Crippen molar-refractivity contribution < 1.29 is 14.2 Å². The van der Waals surface area contributed by atoms with Crippen LogP contribution in [0.15, 0.2) is 23.2 Å². The monoisotopic (exact) mass is 534 g/mol. The first kappa shape index (κ1) is 26.8. The predicted molar refractivity (Wildman–Crippen MR) is 134 cm³/mol. The third-order valence-corrected chi connectivity index (χ3v) is 5.19. The maximum atomic E-state index is 5.75. The minimum atomic E-state index is 0. The largest absolute Gasteiger partial charge is 0.490 e. The summed E-state index contributed by atoms with van der Waals surface area (Å²) in [6.45, 7) is 15.1. The van der Waals surface area contributed by atoms with Crippen molar-refractivity contribution in [1.29, 1.82) is 0 Å². The maximum Gasteiger partial charge on any atom is 0.191 e. The summed E-state index contributed by atoms with van der Waals surface area (Å²) in [5, 5.41) is 6.93. The number of nitrogens with one attached hydrogen (secondary N) is 2. The van der Waals surface area contributed by atoms with Crippen molar-refractivity contribution in [2.24, 2.45) is 4.99 Å². The van der Waals surface area contributed by atoms with Gasteiger partial charge in [-0.3, -0.25) is 9.89 Å². The Morgan fingerprint density at radius 1 is 1.23 bits per heavy atom. The molecule has 2 rings (SSSR count). The van der Waals surface area contributed by atoms with Crippen molar-refractivity contribution in [3.05, 3.63) is 23.8 Å². The number of nitrogens with zero attached hydrogens (tertiary/aromatic N) is 2. The number of hydrogen-bond donors (Lipinski definition) is 2. The number of hydrogen-bond acceptors (Lipinski definition) is 5. The van der Waals surface area contributed by atoms with E-state index >= 15 is 0 Å². The Bertz CT molecular complexity index is 659. The van der Waals surface area contributed by atoms with E-state index in [1.807, 2.05) is 26.0 Å². The molecular formula is C22H39IN4O3. The lowest BCUT2D eigenvalue weighted by molar-refractivity contribution is -0.0174. The van der Waals surface area contributed by atoms with Crippen LogP contribution in [0.25, 0.3) is 0 Å². The molecule has 172 valence electrons. The van der Waals surface area contributed by atoms with Crippen LogP contribution in [0.2, 0.25) is 0 Å². The Kier molecular flexibility index (Phi) is 12.4. The number of benzene rings is 1. The minimum absolute atomic E-state index is 0. The van der Waals surface area contributed by atoms with E-state index in [-0.39, 0.29) is 30.0 Å². The lowest BCUT2D eigenvalue weighted by Crippen LogP contribution is -2.53. The van der Waals surface area contributed by atoms with Crippen molar-refractivity contribution in [1.82, 2.24) is 15.5 Å². The molecule has 0 spiro atoms. The van der Waals surface area contributed by atoms with Crippen molar-refractivity contribution >= 4 is 29.9 Å². The Hall–Kier alpha value is -1.26. The number of aliphatic imine (C=N–C) groups is 1. The quantitative estimate of drug-likeness (QED) is 0.288. The van der Waals surface area contributed by atoms with Crippen LogP contribution in [0.5, 0.6) is 11.5 Å². The van der Waals surface area contributed by atoms with Gasteiger partial charge in [-0.2, -0.15) is 0 Å². The van der Waals surface area contributed by atoms with E-state index in [0.29, 0.717) is 25.3 Å². The van der Waals surface area contributed by atoms with Gasteiger partial charge in [0.05, 0.1) is 32.5 Å². The van der Waals surface area contributed by atoms with Gasteiger partial charge in [0.2, 0.25) is 0 Å². The fourth-order valence-corrected chi connectivity index (χ4v) is 3.58. The topological polar surface area (TPSA) is 67.4 Å². The van der Waals surface area contributed by atoms with E-state index in [1.54, 1.807) is 7.05 Å². The molecule has 1 fully saturated rings. The first-order valence-electron chi connectivity index (χ1n) is 10.7. The fourth-order valence-electron chi connectivity index (χ4n) is 3.58. The van der Waals surface area contributed by atoms with E-state index in [4.69, 9.17) is 14.2 Å². The molecule has 7 nitrogen and oxygen atoms in total. The zero-order valence-electron chi connectivity index (χ0n) is 19.2. The van der Waals surface area contributed by atoms with Gasteiger partial charge in [-0.05, 0) is 52.3 Å². The molecule has 3 unspecified atom stereocenters. The third-order valence-electron chi connectivity index (χ3n) is 5.19. The number of rotatable bonds is 9. The zero-order valence-corrected chi connectivity index (χ0v) is 21.6. The van der Waals surface area contributed by atoms with Crippen LogP contribution in [-0.2, 0) is 4.74 Å². The van der Waals surface area contributed by atoms with Gasteiger partial charge in [0.15, 0.2) is 17.5 Å². The lowest BCUT2D eigenvalue weighted by Gasteiger charge is -2.38. The second-order valence-electron chi connectivity index (χ2n) is 7.40. The van der Waals surface area contributed by atoms with Gasteiger partial charge < -0.3 is 24.8 Å². The molecule has 1 heterocycles. The fraction of sp³-hybridized carbons (Fsp3) is 0.682. The molecule has 1 saturated heterocycles. The van der Waals surface area contributed by atoms with Crippen LogP contribution in [-0.4, -0.2) is 69.5 Å². The summed E-state index contributed by atoms with van der Waals surface area (Å²) in [6.07, 6.45) is 0. The van der Waals surface area contributed by atoms with E-state index in [0.717, 1.165) is 49.3 Å². The molecule has 0 amide bonds. The van der Waals surface area contributed by atoms with Crippen molar-refractivity contribution in [3.63, 3.8) is 0 Å². The minimum Gasteiger partial charge on any atom is -0.490 e. The predicted octanol–water partition coefficient (Wildman–Crippen LogP) is 3.44. The molecule has 1 aliphatic rings. The summed E-state index contributed by atoms with van der Waals surface area (Å²) in [5.41, 5.74) is 1.12. The molecule has 0 bridgehead atoms. The Morgan fingerprint density at radius 3 is 2.57 bits per heavy atom. The summed E-state index contributed by atoms with van der Waals surface area (Å²) >= 11 is 0. The highest BCUT2D eigenvalue weighted by Crippen LogP contribution is 2.30. The van der Waals surface area contributed by atoms with E-state index in [1.165, 1.54) is 0 Å². The molecule has 8 heteroatoms. The summed E-state index contributed by atoms with van der Waals surface area (Å²) < 4.78 is 17.0. The number of morpholine rings is 1. The van der Waals surface area contributed by atoms with Crippen LogP contribution in [0.1, 0.15) is 46.2 Å². The van der Waals surface area contributed by atoms with Crippen LogP contribution in [0, 0.1) is 0 Å². The van der Waals surface area contributed by atoms with Gasteiger partial charge in [0, 0.05) is 32.2 Å². The highest BCUT2D eigenvalue weighted by Gasteiger charge is 2.23. The molecule has 0 aromatic heterocycles. The van der Waals surface area contributed by atoms with Crippen molar-refractivity contribution in [3.8, 4) is 11.5 Å². The van der Waals surface area contributed by atoms with Gasteiger partial charge in [0.1, 0.15) is 0 Å². The van der Waals surface area contributed by atoms with Crippen LogP contribution < -0.4 is 20.1 Å². The Balaban J connectivity index is 0.00000450. The molecule has 1 aromatic carbocycles. The number of ether oxygens (including phenoxy) is 3. The molecule has 3 atom stereocenters. The molecule has 30 heavy (non-hydrogen) atoms. The highest BCUT2D eigenvalue weighted by atomic mass is 127. The Morgan fingerprint density at radius 2 is 1.93 bits per heavy atom. The van der Waals surface area contributed by atoms with Gasteiger partial charge in [0.25, 0.3) is 0 Å². The zero-order chi connectivity index (χ0) is 21.2.